The van der Waals surface area contributed by atoms with Gasteiger partial charge >= 0.3 is 5.97 Å². The third kappa shape index (κ3) is 6.86. The monoisotopic (exact) mass is 409 g/mol. The number of ether oxygens (including phenoxy) is 1. The molecule has 164 valence electrons. The fourth-order valence-electron chi connectivity index (χ4n) is 5.56. The SMILES string of the molecule is CCCCCCC[C@H]1CC[C@H]([C@H]2CC[C@H](OC(=O)c3ccc(C#N)cc3)CC2)CC1. The zero-order valence-corrected chi connectivity index (χ0v) is 18.8. The van der Waals surface area contributed by atoms with Crippen molar-refractivity contribution in [2.24, 2.45) is 17.8 Å². The molecular weight excluding hydrogens is 370 g/mol. The first-order valence-electron chi connectivity index (χ1n) is 12.4. The van der Waals surface area contributed by atoms with Crippen LogP contribution in [-0.4, -0.2) is 12.1 Å². The van der Waals surface area contributed by atoms with Crippen molar-refractivity contribution in [3.63, 3.8) is 0 Å². The average Bonchev–Trinajstić information content (AvgIpc) is 2.80. The quantitative estimate of drug-likeness (QED) is 0.314. The third-order valence-corrected chi connectivity index (χ3v) is 7.52. The van der Waals surface area contributed by atoms with Gasteiger partial charge in [0.25, 0.3) is 0 Å². The molecule has 2 aliphatic rings. The lowest BCUT2D eigenvalue weighted by atomic mass is 9.70. The lowest BCUT2D eigenvalue weighted by molar-refractivity contribution is 0.0109. The molecule has 0 spiro atoms. The molecule has 2 aliphatic carbocycles. The van der Waals surface area contributed by atoms with Gasteiger partial charge in [0.1, 0.15) is 6.10 Å². The van der Waals surface area contributed by atoms with Crippen LogP contribution < -0.4 is 0 Å². The summed E-state index contributed by atoms with van der Waals surface area (Å²) in [5.74, 6) is 2.46. The van der Waals surface area contributed by atoms with E-state index in [-0.39, 0.29) is 12.1 Å². The second kappa shape index (κ2) is 12.1. The maximum atomic E-state index is 12.4. The van der Waals surface area contributed by atoms with Gasteiger partial charge in [-0.15, -0.1) is 0 Å². The van der Waals surface area contributed by atoms with E-state index in [2.05, 4.69) is 13.0 Å². The number of unbranched alkanes of at least 4 members (excludes halogenated alkanes) is 4. The van der Waals surface area contributed by atoms with E-state index in [1.54, 1.807) is 24.3 Å². The molecule has 1 aromatic carbocycles. The van der Waals surface area contributed by atoms with Crippen LogP contribution >= 0.6 is 0 Å². The molecule has 0 aromatic heterocycles. The molecule has 2 fully saturated rings. The first-order valence-corrected chi connectivity index (χ1v) is 12.4. The zero-order valence-electron chi connectivity index (χ0n) is 18.8. The predicted molar refractivity (Wildman–Crippen MR) is 121 cm³/mol. The molecule has 0 heterocycles. The maximum Gasteiger partial charge on any atom is 0.338 e. The molecule has 3 heteroatoms. The van der Waals surface area contributed by atoms with Gasteiger partial charge in [0.05, 0.1) is 17.2 Å². The second-order valence-corrected chi connectivity index (χ2v) is 9.61. The number of carbonyl (C=O) groups excluding carboxylic acids is 1. The Morgan fingerprint density at radius 3 is 2.10 bits per heavy atom. The van der Waals surface area contributed by atoms with Crippen molar-refractivity contribution < 1.29 is 9.53 Å². The highest BCUT2D eigenvalue weighted by molar-refractivity contribution is 5.89. The molecule has 0 saturated heterocycles. The average molecular weight is 410 g/mol. The van der Waals surface area contributed by atoms with Crippen molar-refractivity contribution >= 4 is 5.97 Å². The van der Waals surface area contributed by atoms with Crippen LogP contribution in [0.25, 0.3) is 0 Å². The van der Waals surface area contributed by atoms with Crippen molar-refractivity contribution in [2.75, 3.05) is 0 Å². The Labute approximate surface area is 183 Å². The van der Waals surface area contributed by atoms with E-state index in [1.165, 1.54) is 77.0 Å². The summed E-state index contributed by atoms with van der Waals surface area (Å²) in [6.45, 7) is 2.29. The summed E-state index contributed by atoms with van der Waals surface area (Å²) in [5, 5.41) is 8.88. The molecule has 30 heavy (non-hydrogen) atoms. The molecule has 3 nitrogen and oxygen atoms in total. The van der Waals surface area contributed by atoms with Gasteiger partial charge in [-0.05, 0) is 80.5 Å². The summed E-state index contributed by atoms with van der Waals surface area (Å²) in [6, 6.07) is 8.81. The van der Waals surface area contributed by atoms with E-state index in [0.29, 0.717) is 11.1 Å². The lowest BCUT2D eigenvalue weighted by Crippen LogP contribution is -2.29. The predicted octanol–water partition coefficient (Wildman–Crippen LogP) is 7.44. The second-order valence-electron chi connectivity index (χ2n) is 9.61. The van der Waals surface area contributed by atoms with Gasteiger partial charge < -0.3 is 4.74 Å². The topological polar surface area (TPSA) is 50.1 Å². The summed E-state index contributed by atoms with van der Waals surface area (Å²) in [7, 11) is 0. The van der Waals surface area contributed by atoms with Crippen LogP contribution in [0.3, 0.4) is 0 Å². The van der Waals surface area contributed by atoms with Crippen molar-refractivity contribution in [3.8, 4) is 6.07 Å². The van der Waals surface area contributed by atoms with Crippen LogP contribution in [0.2, 0.25) is 0 Å². The number of nitrogens with zero attached hydrogens (tertiary/aromatic N) is 1. The summed E-state index contributed by atoms with van der Waals surface area (Å²) in [6.07, 6.45) is 18.7. The number of hydrogen-bond acceptors (Lipinski definition) is 3. The van der Waals surface area contributed by atoms with Crippen LogP contribution in [-0.2, 0) is 4.74 Å². The number of esters is 1. The van der Waals surface area contributed by atoms with Gasteiger partial charge in [-0.3, -0.25) is 0 Å². The van der Waals surface area contributed by atoms with Crippen LogP contribution in [0.1, 0.15) is 113 Å². The molecule has 0 radical (unpaired) electrons. The Morgan fingerprint density at radius 1 is 0.900 bits per heavy atom. The van der Waals surface area contributed by atoms with Crippen LogP contribution in [0.4, 0.5) is 0 Å². The molecule has 0 unspecified atom stereocenters. The normalized spacial score (nSPS) is 26.7. The number of rotatable bonds is 9. The summed E-state index contributed by atoms with van der Waals surface area (Å²) >= 11 is 0. The van der Waals surface area contributed by atoms with Crippen molar-refractivity contribution in [3.05, 3.63) is 35.4 Å². The van der Waals surface area contributed by atoms with E-state index < -0.39 is 0 Å². The summed E-state index contributed by atoms with van der Waals surface area (Å²) < 4.78 is 5.75. The minimum absolute atomic E-state index is 0.0591. The molecule has 0 N–H and O–H groups in total. The van der Waals surface area contributed by atoms with Crippen LogP contribution in [0, 0.1) is 29.1 Å². The van der Waals surface area contributed by atoms with Crippen molar-refractivity contribution in [1.82, 2.24) is 0 Å². The molecule has 0 bridgehead atoms. The minimum atomic E-state index is -0.248. The van der Waals surface area contributed by atoms with Gasteiger partial charge in [-0.1, -0.05) is 58.3 Å². The highest BCUT2D eigenvalue weighted by Crippen LogP contribution is 2.41. The van der Waals surface area contributed by atoms with Crippen LogP contribution in [0.5, 0.6) is 0 Å². The third-order valence-electron chi connectivity index (χ3n) is 7.52. The molecule has 0 atom stereocenters. The molecule has 0 aliphatic heterocycles. The van der Waals surface area contributed by atoms with Gasteiger partial charge in [-0.25, -0.2) is 4.79 Å². The van der Waals surface area contributed by atoms with E-state index >= 15 is 0 Å². The first kappa shape index (κ1) is 22.9. The van der Waals surface area contributed by atoms with Gasteiger partial charge in [0, 0.05) is 0 Å². The zero-order chi connectivity index (χ0) is 21.2. The number of nitriles is 1. The Bertz CT molecular complexity index is 674. The minimum Gasteiger partial charge on any atom is -0.459 e. The summed E-state index contributed by atoms with van der Waals surface area (Å²) in [5.41, 5.74) is 1.11. The molecular formula is C27H39NO2. The molecule has 3 rings (SSSR count). The lowest BCUT2D eigenvalue weighted by Gasteiger charge is -2.37. The Kier molecular flexibility index (Phi) is 9.25. The number of hydrogen-bond donors (Lipinski definition) is 0. The summed E-state index contributed by atoms with van der Waals surface area (Å²) in [4.78, 5) is 12.4. The molecule has 0 amide bonds. The van der Waals surface area contributed by atoms with E-state index in [1.807, 2.05) is 0 Å². The van der Waals surface area contributed by atoms with Gasteiger partial charge in [0.15, 0.2) is 0 Å². The van der Waals surface area contributed by atoms with E-state index in [0.717, 1.165) is 30.6 Å². The molecule has 2 saturated carbocycles. The fourth-order valence-corrected chi connectivity index (χ4v) is 5.56. The Morgan fingerprint density at radius 2 is 1.50 bits per heavy atom. The van der Waals surface area contributed by atoms with Crippen molar-refractivity contribution in [2.45, 2.75) is 103 Å². The first-order chi connectivity index (χ1) is 14.7. The fraction of sp³-hybridized carbons (Fsp3) is 0.704. The van der Waals surface area contributed by atoms with Gasteiger partial charge in [0.2, 0.25) is 0 Å². The highest BCUT2D eigenvalue weighted by Gasteiger charge is 2.32. The standard InChI is InChI=1S/C27H39NO2/c1-2-3-4-5-6-7-21-8-12-23(13-9-21)24-16-18-26(19-17-24)30-27(29)25-14-10-22(20-28)11-15-25/h10-11,14-15,21,23-24,26H,2-9,12-13,16-19H2,1H3/t21-,23-,24-,26-. The number of carbonyl (C=O) groups is 1. The van der Waals surface area contributed by atoms with Gasteiger partial charge in [-0.2, -0.15) is 5.26 Å². The number of benzene rings is 1. The van der Waals surface area contributed by atoms with E-state index in [9.17, 15) is 4.79 Å². The van der Waals surface area contributed by atoms with Crippen molar-refractivity contribution in [1.29, 1.82) is 5.26 Å². The Hall–Kier alpha value is -1.82. The van der Waals surface area contributed by atoms with E-state index in [4.69, 9.17) is 10.00 Å². The molecule has 1 aromatic rings. The highest BCUT2D eigenvalue weighted by atomic mass is 16.5. The Balaban J connectivity index is 1.33. The largest absolute Gasteiger partial charge is 0.459 e. The maximum absolute atomic E-state index is 12.4. The smallest absolute Gasteiger partial charge is 0.338 e. The van der Waals surface area contributed by atoms with Crippen LogP contribution in [0.15, 0.2) is 24.3 Å².